The summed E-state index contributed by atoms with van der Waals surface area (Å²) in [6.45, 7) is 0.284. The number of rotatable bonds is 5. The number of allylic oxidation sites excluding steroid dienone is 1. The second kappa shape index (κ2) is 11.8. The maximum atomic E-state index is 14.6. The van der Waals surface area contributed by atoms with Gasteiger partial charge >= 0.3 is 6.09 Å². The third kappa shape index (κ3) is 5.50. The number of hydrogen-bond acceptors (Lipinski definition) is 5. The van der Waals surface area contributed by atoms with Crippen LogP contribution in [-0.2, 0) is 37.6 Å². The van der Waals surface area contributed by atoms with E-state index in [9.17, 15) is 19.2 Å². The minimum absolute atomic E-state index is 0.0242. The lowest BCUT2D eigenvalue weighted by molar-refractivity contribution is -0.141. The molecule has 43 heavy (non-hydrogen) atoms. The number of nitrogens with zero attached hydrogens (tertiary/aromatic N) is 2. The van der Waals surface area contributed by atoms with Crippen molar-refractivity contribution in [3.05, 3.63) is 107 Å². The number of primary amides is 1. The molecule has 4 bridgehead atoms. The number of amides is 4. The molecule has 220 valence electrons. The molecule has 3 heterocycles. The summed E-state index contributed by atoms with van der Waals surface area (Å²) >= 11 is 0. The highest BCUT2D eigenvalue weighted by molar-refractivity contribution is 6.08. The number of ether oxygens (including phenoxy) is 1. The van der Waals surface area contributed by atoms with Gasteiger partial charge in [-0.3, -0.25) is 19.3 Å². The Labute approximate surface area is 250 Å². The predicted molar refractivity (Wildman–Crippen MR) is 162 cm³/mol. The Bertz CT molecular complexity index is 1570. The largest absolute Gasteiger partial charge is 0.445 e. The smallest absolute Gasteiger partial charge is 0.410 e. The molecule has 3 aliphatic rings. The predicted octanol–water partition coefficient (Wildman–Crippen LogP) is 4.02. The van der Waals surface area contributed by atoms with Gasteiger partial charge < -0.3 is 20.7 Å². The lowest BCUT2D eigenvalue weighted by Crippen LogP contribution is -2.55. The number of nitrogens with two attached hydrogens (primary N) is 1. The molecule has 3 N–H and O–H groups in total. The van der Waals surface area contributed by atoms with Crippen molar-refractivity contribution in [2.45, 2.75) is 49.8 Å². The van der Waals surface area contributed by atoms with Crippen LogP contribution in [0.3, 0.4) is 0 Å². The molecule has 6 rings (SSSR count). The minimum atomic E-state index is -1.13. The quantitative estimate of drug-likeness (QED) is 0.474. The van der Waals surface area contributed by atoms with Crippen LogP contribution in [0.2, 0.25) is 0 Å². The number of fused-ring (bicyclic) bond motifs is 2. The second-order valence-electron chi connectivity index (χ2n) is 11.4. The monoisotopic (exact) mass is 578 g/mol. The van der Waals surface area contributed by atoms with E-state index in [-0.39, 0.29) is 38.4 Å². The molecule has 3 atom stereocenters. The fourth-order valence-corrected chi connectivity index (χ4v) is 6.42. The molecule has 9 nitrogen and oxygen atoms in total. The van der Waals surface area contributed by atoms with E-state index in [4.69, 9.17) is 10.5 Å². The van der Waals surface area contributed by atoms with Crippen LogP contribution in [0.4, 0.5) is 10.5 Å². The van der Waals surface area contributed by atoms with Crippen LogP contribution in [0.25, 0.3) is 6.08 Å². The summed E-state index contributed by atoms with van der Waals surface area (Å²) in [5, 5.41) is 2.95. The normalized spacial score (nSPS) is 23.8. The number of carbonyl (C=O) groups is 4. The third-order valence-corrected chi connectivity index (χ3v) is 8.66. The van der Waals surface area contributed by atoms with E-state index in [2.05, 4.69) is 5.32 Å². The van der Waals surface area contributed by atoms with E-state index in [1.165, 1.54) is 9.80 Å². The fraction of sp³-hybridized carbons (Fsp3) is 0.294. The van der Waals surface area contributed by atoms with Gasteiger partial charge in [-0.1, -0.05) is 78.9 Å². The second-order valence-corrected chi connectivity index (χ2v) is 11.4. The first-order chi connectivity index (χ1) is 20.9. The highest BCUT2D eigenvalue weighted by Gasteiger charge is 2.58. The maximum Gasteiger partial charge on any atom is 0.410 e. The molecule has 0 aromatic heterocycles. The van der Waals surface area contributed by atoms with Gasteiger partial charge in [-0.05, 0) is 53.6 Å². The molecule has 1 spiro atoms. The molecule has 3 aromatic rings. The Morgan fingerprint density at radius 2 is 1.70 bits per heavy atom. The average molecular weight is 579 g/mol. The zero-order valence-electron chi connectivity index (χ0n) is 23.8. The molecule has 0 radical (unpaired) electrons. The molecular weight excluding hydrogens is 544 g/mol. The average Bonchev–Trinajstić information content (AvgIpc) is 3.55. The van der Waals surface area contributed by atoms with E-state index in [0.717, 1.165) is 22.3 Å². The summed E-state index contributed by atoms with van der Waals surface area (Å²) in [5.74, 6) is -1.40. The van der Waals surface area contributed by atoms with E-state index in [0.29, 0.717) is 18.5 Å². The first-order valence-electron chi connectivity index (χ1n) is 14.6. The summed E-state index contributed by atoms with van der Waals surface area (Å²) in [7, 11) is 0. The Kier molecular flexibility index (Phi) is 7.71. The lowest BCUT2D eigenvalue weighted by Gasteiger charge is -2.35. The highest BCUT2D eigenvalue weighted by atomic mass is 16.6. The van der Waals surface area contributed by atoms with Crippen LogP contribution in [0.15, 0.2) is 84.9 Å². The van der Waals surface area contributed by atoms with Crippen LogP contribution in [0, 0.1) is 0 Å². The van der Waals surface area contributed by atoms with Crippen LogP contribution in [-0.4, -0.2) is 58.8 Å². The number of anilines is 1. The van der Waals surface area contributed by atoms with Gasteiger partial charge in [0.1, 0.15) is 18.7 Å². The van der Waals surface area contributed by atoms with Crippen LogP contribution >= 0.6 is 0 Å². The Morgan fingerprint density at radius 1 is 0.977 bits per heavy atom. The molecule has 3 aromatic carbocycles. The van der Waals surface area contributed by atoms with Crippen molar-refractivity contribution >= 4 is 35.6 Å². The standard InChI is InChI=1S/C34H34N4O5/c35-30(39)29-20-34-22-38(29)31(40)28(19-23-10-4-1-5-11-23)37(33(42)43-21-25-13-6-2-7-14-25)17-9-3-8-12-24-15-16-27(26(34)18-24)36-32(34)41/h1-2,4-8,10-16,18,28-29H,3,9,17,19-22H2,(H2,35,39)(H,36,41)/b12-8-/t28-,29-,34-/m0/s1. The molecule has 9 heteroatoms. The fourth-order valence-electron chi connectivity index (χ4n) is 6.42. The maximum absolute atomic E-state index is 14.6. The molecular formula is C34H34N4O5. The van der Waals surface area contributed by atoms with Crippen molar-refractivity contribution < 1.29 is 23.9 Å². The van der Waals surface area contributed by atoms with E-state index in [1.807, 2.05) is 91.0 Å². The van der Waals surface area contributed by atoms with Crippen molar-refractivity contribution in [1.82, 2.24) is 9.80 Å². The molecule has 0 aliphatic carbocycles. The van der Waals surface area contributed by atoms with E-state index >= 15 is 0 Å². The van der Waals surface area contributed by atoms with Gasteiger partial charge in [-0.2, -0.15) is 0 Å². The van der Waals surface area contributed by atoms with Gasteiger partial charge in [0.25, 0.3) is 0 Å². The zero-order chi connectivity index (χ0) is 30.0. The van der Waals surface area contributed by atoms with Gasteiger partial charge in [0.2, 0.25) is 17.7 Å². The molecule has 0 saturated carbocycles. The van der Waals surface area contributed by atoms with Crippen molar-refractivity contribution in [2.75, 3.05) is 18.4 Å². The molecule has 1 fully saturated rings. The zero-order valence-corrected chi connectivity index (χ0v) is 23.8. The summed E-state index contributed by atoms with van der Waals surface area (Å²) in [5.41, 5.74) is 8.75. The van der Waals surface area contributed by atoms with Gasteiger partial charge in [-0.15, -0.1) is 0 Å². The van der Waals surface area contributed by atoms with Crippen LogP contribution < -0.4 is 11.1 Å². The number of hydrogen-bond donors (Lipinski definition) is 2. The van der Waals surface area contributed by atoms with Crippen molar-refractivity contribution in [3.8, 4) is 0 Å². The number of benzene rings is 3. The first kappa shape index (κ1) is 28.2. The van der Waals surface area contributed by atoms with Crippen molar-refractivity contribution in [1.29, 1.82) is 0 Å². The Hall–Kier alpha value is -4.92. The summed E-state index contributed by atoms with van der Waals surface area (Å²) in [6, 6.07) is 22.5. The Balaban J connectivity index is 1.41. The summed E-state index contributed by atoms with van der Waals surface area (Å²) in [6.07, 6.45) is 4.91. The van der Waals surface area contributed by atoms with Crippen LogP contribution in [0.1, 0.15) is 41.5 Å². The van der Waals surface area contributed by atoms with Gasteiger partial charge in [0.15, 0.2) is 0 Å². The van der Waals surface area contributed by atoms with Gasteiger partial charge in [0, 0.05) is 25.2 Å². The van der Waals surface area contributed by atoms with Crippen LogP contribution in [0.5, 0.6) is 0 Å². The van der Waals surface area contributed by atoms with Crippen molar-refractivity contribution in [3.63, 3.8) is 0 Å². The molecule has 4 amide bonds. The van der Waals surface area contributed by atoms with E-state index < -0.39 is 35.4 Å². The molecule has 1 saturated heterocycles. The summed E-state index contributed by atoms with van der Waals surface area (Å²) in [4.78, 5) is 57.7. The minimum Gasteiger partial charge on any atom is -0.445 e. The van der Waals surface area contributed by atoms with E-state index in [1.54, 1.807) is 0 Å². The summed E-state index contributed by atoms with van der Waals surface area (Å²) < 4.78 is 5.75. The number of carbonyl (C=O) groups excluding carboxylic acids is 4. The SMILES string of the molecule is NC(=O)[C@@H]1C[C@]23CN1C(=O)[C@H](Cc1ccccc1)N(C(=O)OCc1ccccc1)CCC/C=C\c1ccc(c2c1)NC3=O. The molecule has 3 aliphatic heterocycles. The molecule has 0 unspecified atom stereocenters. The van der Waals surface area contributed by atoms with Gasteiger partial charge in [0.05, 0.1) is 5.41 Å². The number of nitrogens with one attached hydrogen (secondary N) is 1. The third-order valence-electron chi connectivity index (χ3n) is 8.66. The van der Waals surface area contributed by atoms with Crippen molar-refractivity contribution in [2.24, 2.45) is 5.73 Å². The topological polar surface area (TPSA) is 122 Å². The van der Waals surface area contributed by atoms with Gasteiger partial charge in [-0.25, -0.2) is 4.79 Å². The Morgan fingerprint density at radius 3 is 2.42 bits per heavy atom. The first-order valence-corrected chi connectivity index (χ1v) is 14.6. The highest BCUT2D eigenvalue weighted by Crippen LogP contribution is 2.47. The lowest BCUT2D eigenvalue weighted by atomic mass is 9.79.